The molecule has 0 fully saturated rings. The lowest BCUT2D eigenvalue weighted by molar-refractivity contribution is 1.12. The molecule has 94 valence electrons. The van der Waals surface area contributed by atoms with Crippen molar-refractivity contribution < 1.29 is 0 Å². The van der Waals surface area contributed by atoms with Gasteiger partial charge in [0.25, 0.3) is 5.56 Å². The van der Waals surface area contributed by atoms with Gasteiger partial charge in [0.05, 0.1) is 0 Å². The summed E-state index contributed by atoms with van der Waals surface area (Å²) in [7, 11) is 0. The van der Waals surface area contributed by atoms with Gasteiger partial charge in [-0.3, -0.25) is 4.79 Å². The Morgan fingerprint density at radius 1 is 1.00 bits per heavy atom. The minimum atomic E-state index is -0.0124. The van der Waals surface area contributed by atoms with Crippen LogP contribution in [0.5, 0.6) is 0 Å². The smallest absolute Gasteiger partial charge is 0.251 e. The lowest BCUT2D eigenvalue weighted by Gasteiger charge is -2.04. The van der Waals surface area contributed by atoms with E-state index in [1.54, 1.807) is 0 Å². The predicted octanol–water partition coefficient (Wildman–Crippen LogP) is 3.88. The van der Waals surface area contributed by atoms with Crippen LogP contribution in [0.15, 0.2) is 63.9 Å². The van der Waals surface area contributed by atoms with Gasteiger partial charge in [-0.05, 0) is 35.2 Å². The topological polar surface area (TPSA) is 32.9 Å². The number of H-pyrrole nitrogens is 1. The molecule has 0 saturated carbocycles. The molecule has 0 unspecified atom stereocenters. The maximum absolute atomic E-state index is 12.0. The molecule has 1 heterocycles. The average Bonchev–Trinajstić information content (AvgIpc) is 2.42. The number of nitrogens with one attached hydrogen (secondary N) is 1. The zero-order valence-electron chi connectivity index (χ0n) is 10.2. The van der Waals surface area contributed by atoms with Gasteiger partial charge >= 0.3 is 0 Å². The lowest BCUT2D eigenvalue weighted by Crippen LogP contribution is -2.12. The Balaban J connectivity index is 2.03. The summed E-state index contributed by atoms with van der Waals surface area (Å²) in [5.41, 5.74) is 2.79. The van der Waals surface area contributed by atoms with E-state index in [1.807, 2.05) is 54.6 Å². The number of pyridine rings is 1. The van der Waals surface area contributed by atoms with Crippen LogP contribution in [0.4, 0.5) is 0 Å². The van der Waals surface area contributed by atoms with E-state index in [1.165, 1.54) is 0 Å². The Labute approximate surface area is 119 Å². The summed E-state index contributed by atoms with van der Waals surface area (Å²) in [5.74, 6) is 0. The molecular formula is C16H12BrNO. The Kier molecular flexibility index (Phi) is 3.22. The number of hydrogen-bond acceptors (Lipinski definition) is 1. The molecule has 3 aromatic rings. The van der Waals surface area contributed by atoms with Crippen LogP contribution in [0.2, 0.25) is 0 Å². The SMILES string of the molecule is O=c1[nH]c2ccccc2cc1Cc1ccc(Br)cc1. The second kappa shape index (κ2) is 5.02. The number of halogens is 1. The van der Waals surface area contributed by atoms with Crippen molar-refractivity contribution in [1.29, 1.82) is 0 Å². The van der Waals surface area contributed by atoms with Gasteiger partial charge in [-0.25, -0.2) is 0 Å². The molecule has 0 saturated heterocycles. The molecule has 2 nitrogen and oxygen atoms in total. The van der Waals surface area contributed by atoms with Crippen molar-refractivity contribution in [2.45, 2.75) is 6.42 Å². The molecule has 1 N–H and O–H groups in total. The Morgan fingerprint density at radius 3 is 2.53 bits per heavy atom. The van der Waals surface area contributed by atoms with E-state index >= 15 is 0 Å². The van der Waals surface area contributed by atoms with Gasteiger partial charge in [0.15, 0.2) is 0 Å². The van der Waals surface area contributed by atoms with Crippen LogP contribution < -0.4 is 5.56 Å². The zero-order chi connectivity index (χ0) is 13.2. The Morgan fingerprint density at radius 2 is 1.74 bits per heavy atom. The highest BCUT2D eigenvalue weighted by molar-refractivity contribution is 9.10. The van der Waals surface area contributed by atoms with E-state index in [0.717, 1.165) is 26.5 Å². The first-order valence-corrected chi connectivity index (χ1v) is 6.87. The summed E-state index contributed by atoms with van der Waals surface area (Å²) in [4.78, 5) is 15.0. The van der Waals surface area contributed by atoms with Crippen LogP contribution in [-0.4, -0.2) is 4.98 Å². The summed E-state index contributed by atoms with van der Waals surface area (Å²) in [5, 5.41) is 1.06. The average molecular weight is 314 g/mol. The van der Waals surface area contributed by atoms with Crippen LogP contribution in [0.1, 0.15) is 11.1 Å². The van der Waals surface area contributed by atoms with E-state index in [4.69, 9.17) is 0 Å². The number of para-hydroxylation sites is 1. The van der Waals surface area contributed by atoms with E-state index < -0.39 is 0 Å². The highest BCUT2D eigenvalue weighted by atomic mass is 79.9. The molecule has 0 aliphatic heterocycles. The first-order chi connectivity index (χ1) is 9.22. The fourth-order valence-electron chi connectivity index (χ4n) is 2.15. The molecule has 3 heteroatoms. The third-order valence-electron chi connectivity index (χ3n) is 3.14. The van der Waals surface area contributed by atoms with Crippen molar-refractivity contribution >= 4 is 26.8 Å². The van der Waals surface area contributed by atoms with Crippen molar-refractivity contribution in [3.8, 4) is 0 Å². The maximum atomic E-state index is 12.0. The molecule has 0 aliphatic rings. The van der Waals surface area contributed by atoms with E-state index in [9.17, 15) is 4.79 Å². The standard InChI is InChI=1S/C16H12BrNO/c17-14-7-5-11(6-8-14)9-13-10-12-3-1-2-4-15(12)18-16(13)19/h1-8,10H,9H2,(H,18,19). The lowest BCUT2D eigenvalue weighted by atomic mass is 10.0. The van der Waals surface area contributed by atoms with Crippen molar-refractivity contribution in [2.24, 2.45) is 0 Å². The normalized spacial score (nSPS) is 10.8. The van der Waals surface area contributed by atoms with Gasteiger partial charge in [-0.2, -0.15) is 0 Å². The van der Waals surface area contributed by atoms with Crippen molar-refractivity contribution in [3.63, 3.8) is 0 Å². The van der Waals surface area contributed by atoms with Gasteiger partial charge < -0.3 is 4.98 Å². The van der Waals surface area contributed by atoms with E-state index in [0.29, 0.717) is 6.42 Å². The molecule has 0 aliphatic carbocycles. The molecule has 3 rings (SSSR count). The zero-order valence-corrected chi connectivity index (χ0v) is 11.8. The van der Waals surface area contributed by atoms with E-state index in [2.05, 4.69) is 20.9 Å². The van der Waals surface area contributed by atoms with Gasteiger partial charge in [-0.15, -0.1) is 0 Å². The molecule has 0 spiro atoms. The summed E-state index contributed by atoms with van der Waals surface area (Å²) in [6, 6.07) is 17.8. The second-order valence-electron chi connectivity index (χ2n) is 4.51. The number of hydrogen-bond donors (Lipinski definition) is 1. The largest absolute Gasteiger partial charge is 0.322 e. The molecule has 19 heavy (non-hydrogen) atoms. The molecule has 0 radical (unpaired) electrons. The van der Waals surface area contributed by atoms with Crippen molar-refractivity contribution in [2.75, 3.05) is 0 Å². The van der Waals surface area contributed by atoms with Crippen LogP contribution in [-0.2, 0) is 6.42 Å². The highest BCUT2D eigenvalue weighted by Gasteiger charge is 2.04. The third kappa shape index (κ3) is 2.61. The van der Waals surface area contributed by atoms with E-state index in [-0.39, 0.29) is 5.56 Å². The van der Waals surface area contributed by atoms with Crippen LogP contribution in [0, 0.1) is 0 Å². The quantitative estimate of drug-likeness (QED) is 0.765. The molecule has 0 bridgehead atoms. The highest BCUT2D eigenvalue weighted by Crippen LogP contribution is 2.15. The fourth-order valence-corrected chi connectivity index (χ4v) is 2.41. The summed E-state index contributed by atoms with van der Waals surface area (Å²) >= 11 is 3.41. The molecule has 1 aromatic heterocycles. The number of benzene rings is 2. The second-order valence-corrected chi connectivity index (χ2v) is 5.43. The summed E-state index contributed by atoms with van der Waals surface area (Å²) < 4.78 is 1.05. The van der Waals surface area contributed by atoms with Gasteiger partial charge in [0.1, 0.15) is 0 Å². The monoisotopic (exact) mass is 313 g/mol. The minimum Gasteiger partial charge on any atom is -0.322 e. The van der Waals surface area contributed by atoms with Gasteiger partial charge in [0, 0.05) is 22.0 Å². The molecule has 0 atom stereocenters. The fraction of sp³-hybridized carbons (Fsp3) is 0.0625. The Bertz CT molecular complexity index is 775. The van der Waals surface area contributed by atoms with Crippen LogP contribution in [0.3, 0.4) is 0 Å². The predicted molar refractivity (Wildman–Crippen MR) is 81.5 cm³/mol. The summed E-state index contributed by atoms with van der Waals surface area (Å²) in [6.45, 7) is 0. The first-order valence-electron chi connectivity index (χ1n) is 6.08. The van der Waals surface area contributed by atoms with Gasteiger partial charge in [0.2, 0.25) is 0 Å². The number of fused-ring (bicyclic) bond motifs is 1. The summed E-state index contributed by atoms with van der Waals surface area (Å²) in [6.07, 6.45) is 0.646. The van der Waals surface area contributed by atoms with Crippen LogP contribution >= 0.6 is 15.9 Å². The molecular weight excluding hydrogens is 302 g/mol. The Hall–Kier alpha value is -1.87. The number of aromatic amines is 1. The number of rotatable bonds is 2. The van der Waals surface area contributed by atoms with Gasteiger partial charge in [-0.1, -0.05) is 46.3 Å². The van der Waals surface area contributed by atoms with Crippen molar-refractivity contribution in [3.05, 3.63) is 80.6 Å². The van der Waals surface area contributed by atoms with Crippen LogP contribution in [0.25, 0.3) is 10.9 Å². The first kappa shape index (κ1) is 12.2. The minimum absolute atomic E-state index is 0.0124. The van der Waals surface area contributed by atoms with Crippen molar-refractivity contribution in [1.82, 2.24) is 4.98 Å². The molecule has 0 amide bonds. The molecule has 2 aromatic carbocycles. The third-order valence-corrected chi connectivity index (χ3v) is 3.67. The number of aromatic nitrogens is 1. The maximum Gasteiger partial charge on any atom is 0.251 e.